The summed E-state index contributed by atoms with van der Waals surface area (Å²) in [6.45, 7) is 3.32. The summed E-state index contributed by atoms with van der Waals surface area (Å²) in [6.07, 6.45) is -3.66. The van der Waals surface area contributed by atoms with Crippen LogP contribution in [-0.4, -0.2) is 25.9 Å². The van der Waals surface area contributed by atoms with Crippen LogP contribution in [0.15, 0.2) is 18.2 Å². The molecule has 2 N–H and O–H groups in total. The minimum atomic E-state index is -4.26. The van der Waals surface area contributed by atoms with Crippen molar-refractivity contribution in [1.82, 2.24) is 0 Å². The molecule has 0 saturated heterocycles. The number of para-hydroxylation sites is 1. The molecule has 0 radical (unpaired) electrons. The third kappa shape index (κ3) is 4.54. The third-order valence-corrected chi connectivity index (χ3v) is 2.55. The van der Waals surface area contributed by atoms with Gasteiger partial charge in [0.25, 0.3) is 0 Å². The molecule has 0 amide bonds. The van der Waals surface area contributed by atoms with Crippen molar-refractivity contribution < 1.29 is 17.9 Å². The Bertz CT molecular complexity index is 407. The number of benzene rings is 1. The average molecular weight is 276 g/mol. The molecule has 0 heterocycles. The Labute approximate surface area is 111 Å². The third-order valence-electron chi connectivity index (χ3n) is 2.55. The Morgan fingerprint density at radius 3 is 2.47 bits per heavy atom. The lowest BCUT2D eigenvalue weighted by atomic mass is 10.2. The number of nitrogens with zero attached hydrogens (tertiary/aromatic N) is 1. The summed E-state index contributed by atoms with van der Waals surface area (Å²) in [6, 6.07) is 4.88. The quantitative estimate of drug-likeness (QED) is 0.809. The second-order valence-corrected chi connectivity index (χ2v) is 4.16. The van der Waals surface area contributed by atoms with Gasteiger partial charge in [0, 0.05) is 6.54 Å². The van der Waals surface area contributed by atoms with Gasteiger partial charge in [0.1, 0.15) is 12.3 Å². The number of hydrogen-bond donors (Lipinski definition) is 1. The molecule has 1 rings (SSSR count). The van der Waals surface area contributed by atoms with Crippen molar-refractivity contribution in [3.63, 3.8) is 0 Å². The van der Waals surface area contributed by atoms with Gasteiger partial charge >= 0.3 is 6.18 Å². The van der Waals surface area contributed by atoms with Gasteiger partial charge in [-0.2, -0.15) is 13.2 Å². The van der Waals surface area contributed by atoms with Crippen molar-refractivity contribution in [3.8, 4) is 5.75 Å². The zero-order chi connectivity index (χ0) is 14.5. The van der Waals surface area contributed by atoms with Crippen LogP contribution in [0.4, 0.5) is 24.5 Å². The maximum Gasteiger partial charge on any atom is 0.405 e. The molecule has 1 aromatic rings. The number of alkyl halides is 3. The molecule has 0 aliphatic heterocycles. The predicted octanol–water partition coefficient (Wildman–Crippen LogP) is 3.45. The lowest BCUT2D eigenvalue weighted by Gasteiger charge is -2.27. The predicted molar refractivity (Wildman–Crippen MR) is 70.6 cm³/mol. The molecule has 1 aromatic carbocycles. The van der Waals surface area contributed by atoms with Crippen LogP contribution < -0.4 is 15.4 Å². The van der Waals surface area contributed by atoms with E-state index >= 15 is 0 Å². The molecule has 6 heteroatoms. The van der Waals surface area contributed by atoms with E-state index in [0.717, 1.165) is 0 Å². The standard InChI is InChI=1S/C13H19F3N2O/c1-3-8-18(9-13(14,15)16)10-6-5-7-11(12(10)17)19-4-2/h5-7H,3-4,8-9,17H2,1-2H3. The maximum absolute atomic E-state index is 12.6. The summed E-state index contributed by atoms with van der Waals surface area (Å²) < 4.78 is 43.0. The zero-order valence-corrected chi connectivity index (χ0v) is 11.1. The van der Waals surface area contributed by atoms with E-state index in [1.807, 2.05) is 6.92 Å². The minimum absolute atomic E-state index is 0.252. The van der Waals surface area contributed by atoms with E-state index in [-0.39, 0.29) is 5.69 Å². The lowest BCUT2D eigenvalue weighted by Crippen LogP contribution is -2.35. The molecule has 0 unspecified atom stereocenters. The molecule has 0 aliphatic carbocycles. The van der Waals surface area contributed by atoms with Crippen molar-refractivity contribution in [1.29, 1.82) is 0 Å². The van der Waals surface area contributed by atoms with Gasteiger partial charge in [0.2, 0.25) is 0 Å². The maximum atomic E-state index is 12.6. The van der Waals surface area contributed by atoms with Crippen molar-refractivity contribution in [2.24, 2.45) is 0 Å². The largest absolute Gasteiger partial charge is 0.492 e. The highest BCUT2D eigenvalue weighted by atomic mass is 19.4. The number of hydrogen-bond acceptors (Lipinski definition) is 3. The Balaban J connectivity index is 3.05. The molecule has 19 heavy (non-hydrogen) atoms. The van der Waals surface area contributed by atoms with E-state index in [0.29, 0.717) is 31.0 Å². The van der Waals surface area contributed by atoms with Gasteiger partial charge in [-0.1, -0.05) is 13.0 Å². The smallest absolute Gasteiger partial charge is 0.405 e. The number of ether oxygens (including phenoxy) is 1. The average Bonchev–Trinajstić information content (AvgIpc) is 2.30. The summed E-state index contributed by atoms with van der Waals surface area (Å²) in [7, 11) is 0. The number of rotatable bonds is 6. The van der Waals surface area contributed by atoms with Crippen LogP contribution in [-0.2, 0) is 0 Å². The molecule has 3 nitrogen and oxygen atoms in total. The fourth-order valence-corrected chi connectivity index (χ4v) is 1.86. The second-order valence-electron chi connectivity index (χ2n) is 4.16. The van der Waals surface area contributed by atoms with Gasteiger partial charge in [-0.3, -0.25) is 0 Å². The fraction of sp³-hybridized carbons (Fsp3) is 0.538. The van der Waals surface area contributed by atoms with Crippen LogP contribution in [0.3, 0.4) is 0 Å². The van der Waals surface area contributed by atoms with Crippen LogP contribution in [0.5, 0.6) is 5.75 Å². The van der Waals surface area contributed by atoms with Crippen LogP contribution >= 0.6 is 0 Å². The van der Waals surface area contributed by atoms with Crippen molar-refractivity contribution in [3.05, 3.63) is 18.2 Å². The molecule has 0 atom stereocenters. The van der Waals surface area contributed by atoms with Gasteiger partial charge in [-0.25, -0.2) is 0 Å². The second kappa shape index (κ2) is 6.54. The normalized spacial score (nSPS) is 11.4. The summed E-state index contributed by atoms with van der Waals surface area (Å²) in [5.74, 6) is 0.420. The topological polar surface area (TPSA) is 38.5 Å². The van der Waals surface area contributed by atoms with Gasteiger partial charge < -0.3 is 15.4 Å². The number of halogens is 3. The first-order valence-corrected chi connectivity index (χ1v) is 6.22. The lowest BCUT2D eigenvalue weighted by molar-refractivity contribution is -0.119. The molecule has 0 spiro atoms. The molecule has 0 fully saturated rings. The van der Waals surface area contributed by atoms with E-state index < -0.39 is 12.7 Å². The highest BCUT2D eigenvalue weighted by Crippen LogP contribution is 2.34. The van der Waals surface area contributed by atoms with Crippen LogP contribution in [0.1, 0.15) is 20.3 Å². The molecule has 0 aromatic heterocycles. The highest BCUT2D eigenvalue weighted by molar-refractivity contribution is 5.74. The number of nitrogen functional groups attached to an aromatic ring is 1. The van der Waals surface area contributed by atoms with Crippen molar-refractivity contribution >= 4 is 11.4 Å². The van der Waals surface area contributed by atoms with Gasteiger partial charge in [0.05, 0.1) is 18.0 Å². The summed E-state index contributed by atoms with van der Waals surface area (Å²) >= 11 is 0. The molecule has 108 valence electrons. The molecule has 0 saturated carbocycles. The molecule has 0 bridgehead atoms. The van der Waals surface area contributed by atoms with Crippen LogP contribution in [0.25, 0.3) is 0 Å². The Morgan fingerprint density at radius 2 is 1.95 bits per heavy atom. The van der Waals surface area contributed by atoms with E-state index in [9.17, 15) is 13.2 Å². The number of anilines is 2. The monoisotopic (exact) mass is 276 g/mol. The van der Waals surface area contributed by atoms with E-state index in [1.54, 1.807) is 25.1 Å². The molecular formula is C13H19F3N2O. The van der Waals surface area contributed by atoms with E-state index in [2.05, 4.69) is 0 Å². The SMILES string of the molecule is CCCN(CC(F)(F)F)c1cccc(OCC)c1N. The van der Waals surface area contributed by atoms with E-state index in [4.69, 9.17) is 10.5 Å². The Kier molecular flexibility index (Phi) is 5.32. The van der Waals surface area contributed by atoms with Gasteiger partial charge in [-0.15, -0.1) is 0 Å². The first kappa shape index (κ1) is 15.5. The van der Waals surface area contributed by atoms with Gasteiger partial charge in [-0.05, 0) is 25.5 Å². The zero-order valence-electron chi connectivity index (χ0n) is 11.1. The summed E-state index contributed by atoms with van der Waals surface area (Å²) in [4.78, 5) is 1.23. The first-order chi connectivity index (χ1) is 8.89. The van der Waals surface area contributed by atoms with Crippen molar-refractivity contribution in [2.75, 3.05) is 30.3 Å². The van der Waals surface area contributed by atoms with Crippen LogP contribution in [0, 0.1) is 0 Å². The van der Waals surface area contributed by atoms with Gasteiger partial charge in [0.15, 0.2) is 0 Å². The minimum Gasteiger partial charge on any atom is -0.492 e. The Morgan fingerprint density at radius 1 is 1.26 bits per heavy atom. The fourth-order valence-electron chi connectivity index (χ4n) is 1.86. The summed E-state index contributed by atoms with van der Waals surface area (Å²) in [5.41, 5.74) is 6.50. The van der Waals surface area contributed by atoms with Crippen LogP contribution in [0.2, 0.25) is 0 Å². The number of nitrogens with two attached hydrogens (primary N) is 1. The molecular weight excluding hydrogens is 257 g/mol. The Hall–Kier alpha value is -1.59. The highest BCUT2D eigenvalue weighted by Gasteiger charge is 2.31. The molecule has 0 aliphatic rings. The first-order valence-electron chi connectivity index (χ1n) is 6.22. The van der Waals surface area contributed by atoms with E-state index in [1.165, 1.54) is 4.90 Å². The summed E-state index contributed by atoms with van der Waals surface area (Å²) in [5, 5.41) is 0. The van der Waals surface area contributed by atoms with Crippen molar-refractivity contribution in [2.45, 2.75) is 26.4 Å².